The van der Waals surface area contributed by atoms with E-state index in [1.165, 1.54) is 13.3 Å². The molecule has 0 fully saturated rings. The molecule has 0 aliphatic carbocycles. The van der Waals surface area contributed by atoms with Crippen LogP contribution in [0, 0.1) is 0 Å². The van der Waals surface area contributed by atoms with Crippen molar-refractivity contribution in [2.24, 2.45) is 5.10 Å². The zero-order valence-electron chi connectivity index (χ0n) is 18.1. The highest BCUT2D eigenvalue weighted by Gasteiger charge is 2.39. The summed E-state index contributed by atoms with van der Waals surface area (Å²) in [5.41, 5.74) is 1.97. The standard InChI is InChI=1S/C25H25ClN2O4/c1-17(2)32-23-21(26)14-18(15-22(23)31-3)16-27-28-24(29)25(30,19-10-6-4-7-11-19)20-12-8-5-9-13-20/h4-17,30H,1-3H3,(H,28,29)/b27-16-. The molecule has 0 spiro atoms. The van der Waals surface area contributed by atoms with Crippen LogP contribution >= 0.6 is 11.6 Å². The van der Waals surface area contributed by atoms with Crippen molar-refractivity contribution < 1.29 is 19.4 Å². The number of methoxy groups -OCH3 is 1. The Morgan fingerprint density at radius 1 is 1.06 bits per heavy atom. The summed E-state index contributed by atoms with van der Waals surface area (Å²) < 4.78 is 11.1. The number of hydrogen-bond acceptors (Lipinski definition) is 5. The minimum absolute atomic E-state index is 0.0751. The van der Waals surface area contributed by atoms with Gasteiger partial charge in [0.2, 0.25) is 0 Å². The number of nitrogens with one attached hydrogen (secondary N) is 1. The molecule has 3 aromatic carbocycles. The zero-order valence-corrected chi connectivity index (χ0v) is 18.8. The van der Waals surface area contributed by atoms with Crippen LogP contribution in [0.2, 0.25) is 5.02 Å². The van der Waals surface area contributed by atoms with Crippen LogP contribution in [0.5, 0.6) is 11.5 Å². The van der Waals surface area contributed by atoms with Gasteiger partial charge in [-0.15, -0.1) is 0 Å². The summed E-state index contributed by atoms with van der Waals surface area (Å²) >= 11 is 6.34. The average Bonchev–Trinajstić information content (AvgIpc) is 2.80. The van der Waals surface area contributed by atoms with Gasteiger partial charge in [0.15, 0.2) is 17.1 Å². The van der Waals surface area contributed by atoms with Gasteiger partial charge >= 0.3 is 0 Å². The number of aliphatic hydroxyl groups is 1. The van der Waals surface area contributed by atoms with E-state index in [1.807, 2.05) is 26.0 Å². The third-order valence-electron chi connectivity index (χ3n) is 4.70. The third kappa shape index (κ3) is 5.10. The second-order valence-electron chi connectivity index (χ2n) is 7.34. The molecule has 3 aromatic rings. The Hall–Kier alpha value is -3.35. The first-order valence-electron chi connectivity index (χ1n) is 10.1. The van der Waals surface area contributed by atoms with Crippen molar-refractivity contribution in [2.75, 3.05) is 7.11 Å². The fraction of sp³-hybridized carbons (Fsp3) is 0.200. The second kappa shape index (κ2) is 10.3. The van der Waals surface area contributed by atoms with Gasteiger partial charge in [-0.05, 0) is 42.7 Å². The van der Waals surface area contributed by atoms with Crippen molar-refractivity contribution >= 4 is 23.7 Å². The maximum absolute atomic E-state index is 13.1. The summed E-state index contributed by atoms with van der Waals surface area (Å²) in [6, 6.07) is 20.8. The highest BCUT2D eigenvalue weighted by Crippen LogP contribution is 2.36. The van der Waals surface area contributed by atoms with Crippen LogP contribution in [-0.4, -0.2) is 30.4 Å². The number of carbonyl (C=O) groups excluding carboxylic acids is 1. The second-order valence-corrected chi connectivity index (χ2v) is 7.75. The molecule has 0 saturated carbocycles. The molecule has 1 amide bonds. The number of rotatable bonds is 8. The lowest BCUT2D eigenvalue weighted by molar-refractivity contribution is -0.136. The molecule has 0 saturated heterocycles. The molecule has 166 valence electrons. The Morgan fingerprint density at radius 3 is 2.12 bits per heavy atom. The number of nitrogens with zero attached hydrogens (tertiary/aromatic N) is 1. The summed E-state index contributed by atoms with van der Waals surface area (Å²) in [5.74, 6) is 0.195. The van der Waals surface area contributed by atoms with Crippen molar-refractivity contribution in [1.82, 2.24) is 5.43 Å². The van der Waals surface area contributed by atoms with Gasteiger partial charge < -0.3 is 14.6 Å². The molecule has 0 aliphatic rings. The number of ether oxygens (including phenoxy) is 2. The first-order valence-corrected chi connectivity index (χ1v) is 10.4. The molecule has 0 atom stereocenters. The fourth-order valence-corrected chi connectivity index (χ4v) is 3.46. The Morgan fingerprint density at radius 2 is 1.62 bits per heavy atom. The monoisotopic (exact) mass is 452 g/mol. The minimum atomic E-state index is -1.91. The molecule has 0 unspecified atom stereocenters. The van der Waals surface area contributed by atoms with Gasteiger partial charge in [0, 0.05) is 0 Å². The lowest BCUT2D eigenvalue weighted by Crippen LogP contribution is -2.43. The van der Waals surface area contributed by atoms with Crippen molar-refractivity contribution in [2.45, 2.75) is 25.6 Å². The number of amides is 1. The molecular formula is C25H25ClN2O4. The molecule has 6 nitrogen and oxygen atoms in total. The van der Waals surface area contributed by atoms with E-state index in [9.17, 15) is 9.90 Å². The smallest absolute Gasteiger partial charge is 0.281 e. The number of benzene rings is 3. The number of halogens is 1. The topological polar surface area (TPSA) is 80.2 Å². The van der Waals surface area contributed by atoms with Gasteiger partial charge in [-0.25, -0.2) is 5.43 Å². The Labute approximate surface area is 192 Å². The van der Waals surface area contributed by atoms with Crippen LogP contribution in [-0.2, 0) is 10.4 Å². The van der Waals surface area contributed by atoms with Crippen molar-refractivity contribution in [3.05, 3.63) is 94.5 Å². The summed E-state index contributed by atoms with van der Waals surface area (Å²) in [5, 5.41) is 15.8. The van der Waals surface area contributed by atoms with E-state index in [0.29, 0.717) is 33.2 Å². The van der Waals surface area contributed by atoms with Crippen LogP contribution in [0.4, 0.5) is 0 Å². The summed E-state index contributed by atoms with van der Waals surface area (Å²) in [7, 11) is 1.52. The predicted molar refractivity (Wildman–Crippen MR) is 125 cm³/mol. The average molecular weight is 453 g/mol. The van der Waals surface area contributed by atoms with Crippen molar-refractivity contribution in [3.8, 4) is 11.5 Å². The molecule has 32 heavy (non-hydrogen) atoms. The van der Waals surface area contributed by atoms with Gasteiger partial charge in [-0.3, -0.25) is 4.79 Å². The third-order valence-corrected chi connectivity index (χ3v) is 4.98. The van der Waals surface area contributed by atoms with Crippen LogP contribution in [0.15, 0.2) is 77.9 Å². The summed E-state index contributed by atoms with van der Waals surface area (Å²) in [6.45, 7) is 3.78. The maximum Gasteiger partial charge on any atom is 0.281 e. The molecule has 0 aromatic heterocycles. The highest BCUT2D eigenvalue weighted by atomic mass is 35.5. The Bertz CT molecular complexity index is 1050. The largest absolute Gasteiger partial charge is 0.493 e. The molecule has 0 heterocycles. The van der Waals surface area contributed by atoms with Gasteiger partial charge in [0.1, 0.15) is 0 Å². The summed E-state index contributed by atoms with van der Waals surface area (Å²) in [6.07, 6.45) is 1.34. The van der Waals surface area contributed by atoms with E-state index in [1.54, 1.807) is 60.7 Å². The van der Waals surface area contributed by atoms with E-state index in [2.05, 4.69) is 10.5 Å². The SMILES string of the molecule is COc1cc(/C=N\NC(=O)C(O)(c2ccccc2)c2ccccc2)cc(Cl)c1OC(C)C. The normalized spacial score (nSPS) is 11.6. The van der Waals surface area contributed by atoms with Gasteiger partial charge in [-0.1, -0.05) is 72.3 Å². The van der Waals surface area contributed by atoms with Crippen LogP contribution in [0.1, 0.15) is 30.5 Å². The number of hydrazone groups is 1. The lowest BCUT2D eigenvalue weighted by Gasteiger charge is -2.27. The van der Waals surface area contributed by atoms with Crippen LogP contribution in [0.25, 0.3) is 0 Å². The first kappa shape index (κ1) is 23.3. The number of carbonyl (C=O) groups is 1. The quantitative estimate of drug-likeness (QED) is 0.389. The summed E-state index contributed by atoms with van der Waals surface area (Å²) in [4.78, 5) is 13.1. The molecule has 2 N–H and O–H groups in total. The highest BCUT2D eigenvalue weighted by molar-refractivity contribution is 6.32. The van der Waals surface area contributed by atoms with E-state index in [0.717, 1.165) is 0 Å². The van der Waals surface area contributed by atoms with Crippen LogP contribution < -0.4 is 14.9 Å². The van der Waals surface area contributed by atoms with Gasteiger partial charge in [0.05, 0.1) is 24.5 Å². The van der Waals surface area contributed by atoms with E-state index >= 15 is 0 Å². The Kier molecular flexibility index (Phi) is 7.51. The lowest BCUT2D eigenvalue weighted by atomic mass is 9.85. The van der Waals surface area contributed by atoms with Crippen molar-refractivity contribution in [1.29, 1.82) is 0 Å². The first-order chi connectivity index (χ1) is 15.4. The maximum atomic E-state index is 13.1. The van der Waals surface area contributed by atoms with Gasteiger partial charge in [-0.2, -0.15) is 5.10 Å². The van der Waals surface area contributed by atoms with Crippen LogP contribution in [0.3, 0.4) is 0 Å². The van der Waals surface area contributed by atoms with E-state index in [4.69, 9.17) is 21.1 Å². The Balaban J connectivity index is 1.86. The molecule has 0 aliphatic heterocycles. The fourth-order valence-electron chi connectivity index (χ4n) is 3.20. The van der Waals surface area contributed by atoms with Crippen molar-refractivity contribution in [3.63, 3.8) is 0 Å². The molecule has 0 bridgehead atoms. The zero-order chi connectivity index (χ0) is 23.1. The molecule has 3 rings (SSSR count). The molecule has 0 radical (unpaired) electrons. The molecule has 7 heteroatoms. The number of hydrogen-bond donors (Lipinski definition) is 2. The predicted octanol–water partition coefficient (Wildman–Crippen LogP) is 4.52. The van der Waals surface area contributed by atoms with Gasteiger partial charge in [0.25, 0.3) is 5.91 Å². The van der Waals surface area contributed by atoms with E-state index < -0.39 is 11.5 Å². The minimum Gasteiger partial charge on any atom is -0.493 e. The van der Waals surface area contributed by atoms with E-state index in [-0.39, 0.29) is 6.10 Å². The molecular weight excluding hydrogens is 428 g/mol.